The molecule has 0 N–H and O–H groups in total. The van der Waals surface area contributed by atoms with Crippen molar-refractivity contribution in [2.24, 2.45) is 5.92 Å². The monoisotopic (exact) mass is 169 g/mol. The Balaban J connectivity index is 2.33. The molecule has 0 aliphatic heterocycles. The third-order valence-electron chi connectivity index (χ3n) is 3.53. The highest BCUT2D eigenvalue weighted by Gasteiger charge is 2.21. The van der Waals surface area contributed by atoms with Gasteiger partial charge in [0.2, 0.25) is 0 Å². The van der Waals surface area contributed by atoms with Crippen LogP contribution in [0.1, 0.15) is 46.0 Å². The van der Waals surface area contributed by atoms with Crippen molar-refractivity contribution in [3.8, 4) is 0 Å². The van der Waals surface area contributed by atoms with Crippen LogP contribution in [0.25, 0.3) is 0 Å². The second-order valence-electron chi connectivity index (χ2n) is 4.21. The molecule has 0 saturated heterocycles. The Hall–Kier alpha value is -0.0400. The molecular weight excluding hydrogens is 146 g/mol. The van der Waals surface area contributed by atoms with Crippen LogP contribution in [0.4, 0.5) is 0 Å². The average Bonchev–Trinajstić information content (AvgIpc) is 2.17. The van der Waals surface area contributed by atoms with E-state index in [1.165, 1.54) is 38.6 Å². The van der Waals surface area contributed by atoms with Gasteiger partial charge in [-0.25, -0.2) is 0 Å². The molecule has 0 aromatic heterocycles. The van der Waals surface area contributed by atoms with E-state index in [0.717, 1.165) is 12.0 Å². The molecule has 0 spiro atoms. The van der Waals surface area contributed by atoms with Gasteiger partial charge in [-0.1, -0.05) is 26.2 Å². The van der Waals surface area contributed by atoms with Crippen molar-refractivity contribution in [1.82, 2.24) is 4.90 Å². The normalized spacial score (nSPS) is 23.0. The molecule has 0 radical (unpaired) electrons. The highest BCUT2D eigenvalue weighted by atomic mass is 15.1. The van der Waals surface area contributed by atoms with Crippen LogP contribution in [0.3, 0.4) is 0 Å². The predicted molar refractivity (Wildman–Crippen MR) is 54.3 cm³/mol. The van der Waals surface area contributed by atoms with Crippen LogP contribution >= 0.6 is 0 Å². The molecule has 1 nitrogen and oxygen atoms in total. The van der Waals surface area contributed by atoms with Crippen molar-refractivity contribution in [2.45, 2.75) is 52.0 Å². The smallest absolute Gasteiger partial charge is 0.00920 e. The highest BCUT2D eigenvalue weighted by Crippen LogP contribution is 2.28. The van der Waals surface area contributed by atoms with Crippen molar-refractivity contribution in [1.29, 1.82) is 0 Å². The molecule has 0 unspecified atom stereocenters. The van der Waals surface area contributed by atoms with Gasteiger partial charge in [0.1, 0.15) is 0 Å². The van der Waals surface area contributed by atoms with Gasteiger partial charge in [0, 0.05) is 6.04 Å². The van der Waals surface area contributed by atoms with Crippen LogP contribution in [-0.2, 0) is 0 Å². The van der Waals surface area contributed by atoms with Crippen LogP contribution in [0, 0.1) is 5.92 Å². The molecule has 72 valence electrons. The fourth-order valence-corrected chi connectivity index (χ4v) is 2.26. The van der Waals surface area contributed by atoms with E-state index in [4.69, 9.17) is 0 Å². The molecule has 1 fully saturated rings. The lowest BCUT2D eigenvalue weighted by Gasteiger charge is -2.33. The Labute approximate surface area is 77.1 Å². The lowest BCUT2D eigenvalue weighted by molar-refractivity contribution is 0.164. The lowest BCUT2D eigenvalue weighted by atomic mass is 9.84. The third-order valence-corrected chi connectivity index (χ3v) is 3.53. The maximum absolute atomic E-state index is 2.48. The molecule has 0 bridgehead atoms. The van der Waals surface area contributed by atoms with Crippen molar-refractivity contribution >= 4 is 0 Å². The van der Waals surface area contributed by atoms with Gasteiger partial charge in [-0.3, -0.25) is 0 Å². The quantitative estimate of drug-likeness (QED) is 0.628. The first-order valence-electron chi connectivity index (χ1n) is 5.46. The van der Waals surface area contributed by atoms with Gasteiger partial charge < -0.3 is 4.90 Å². The fourth-order valence-electron chi connectivity index (χ4n) is 2.26. The van der Waals surface area contributed by atoms with Gasteiger partial charge in [-0.2, -0.15) is 0 Å². The zero-order chi connectivity index (χ0) is 8.97. The zero-order valence-corrected chi connectivity index (χ0v) is 8.84. The Bertz CT molecular complexity index is 116. The second kappa shape index (κ2) is 4.86. The van der Waals surface area contributed by atoms with E-state index in [9.17, 15) is 0 Å². The van der Waals surface area contributed by atoms with Crippen molar-refractivity contribution in [3.05, 3.63) is 0 Å². The van der Waals surface area contributed by atoms with Crippen LogP contribution in [0.2, 0.25) is 0 Å². The van der Waals surface area contributed by atoms with E-state index >= 15 is 0 Å². The van der Waals surface area contributed by atoms with E-state index in [1.807, 2.05) is 0 Å². The first kappa shape index (κ1) is 10.0. The Morgan fingerprint density at radius 1 is 1.25 bits per heavy atom. The Morgan fingerprint density at radius 3 is 2.33 bits per heavy atom. The zero-order valence-electron chi connectivity index (χ0n) is 8.84. The molecule has 1 atom stereocenters. The van der Waals surface area contributed by atoms with Crippen molar-refractivity contribution in [2.75, 3.05) is 13.6 Å². The minimum absolute atomic E-state index is 0.801. The minimum Gasteiger partial charge on any atom is -0.304 e. The summed E-state index contributed by atoms with van der Waals surface area (Å²) in [6, 6.07) is 0.801. The lowest BCUT2D eigenvalue weighted by Crippen LogP contribution is -2.36. The minimum atomic E-state index is 0.801. The number of hydrogen-bond donors (Lipinski definition) is 0. The van der Waals surface area contributed by atoms with Gasteiger partial charge in [-0.15, -0.1) is 0 Å². The summed E-state index contributed by atoms with van der Waals surface area (Å²) in [5.41, 5.74) is 0. The molecule has 0 aromatic rings. The number of rotatable bonds is 3. The van der Waals surface area contributed by atoms with Crippen LogP contribution < -0.4 is 0 Å². The summed E-state index contributed by atoms with van der Waals surface area (Å²) >= 11 is 0. The van der Waals surface area contributed by atoms with Crippen LogP contribution in [0.5, 0.6) is 0 Å². The third kappa shape index (κ3) is 2.48. The summed E-state index contributed by atoms with van der Waals surface area (Å²) in [6.45, 7) is 5.83. The number of nitrogens with zero attached hydrogens (tertiary/aromatic N) is 1. The maximum atomic E-state index is 2.48. The molecule has 1 rings (SSSR count). The van der Waals surface area contributed by atoms with E-state index < -0.39 is 0 Å². The van der Waals surface area contributed by atoms with Gasteiger partial charge >= 0.3 is 0 Å². The summed E-state index contributed by atoms with van der Waals surface area (Å²) in [6.07, 6.45) is 7.33. The van der Waals surface area contributed by atoms with E-state index in [-0.39, 0.29) is 0 Å². The second-order valence-corrected chi connectivity index (χ2v) is 4.21. The van der Waals surface area contributed by atoms with E-state index in [2.05, 4.69) is 25.8 Å². The molecule has 12 heavy (non-hydrogen) atoms. The molecular formula is C11H23N. The first-order chi connectivity index (χ1) is 5.75. The van der Waals surface area contributed by atoms with Gasteiger partial charge in [0.25, 0.3) is 0 Å². The fraction of sp³-hybridized carbons (Fsp3) is 1.00. The topological polar surface area (TPSA) is 3.24 Å². The molecule has 0 aromatic carbocycles. The standard InChI is InChI=1S/C11H23N/c1-4-12(3)10(2)11-8-6-5-7-9-11/h10-11H,4-9H2,1-3H3/t10-/m1/s1. The summed E-state index contributed by atoms with van der Waals surface area (Å²) in [7, 11) is 2.25. The van der Waals surface area contributed by atoms with Gasteiger partial charge in [-0.05, 0) is 39.3 Å². The molecule has 1 aliphatic rings. The molecule has 0 heterocycles. The number of hydrogen-bond acceptors (Lipinski definition) is 1. The molecule has 1 saturated carbocycles. The van der Waals surface area contributed by atoms with E-state index in [0.29, 0.717) is 0 Å². The maximum Gasteiger partial charge on any atom is 0.00920 e. The Morgan fingerprint density at radius 2 is 1.83 bits per heavy atom. The van der Waals surface area contributed by atoms with Gasteiger partial charge in [0.05, 0.1) is 0 Å². The molecule has 1 aliphatic carbocycles. The summed E-state index contributed by atoms with van der Waals surface area (Å²) in [4.78, 5) is 2.48. The van der Waals surface area contributed by atoms with Crippen LogP contribution in [-0.4, -0.2) is 24.5 Å². The van der Waals surface area contributed by atoms with Crippen molar-refractivity contribution in [3.63, 3.8) is 0 Å². The SMILES string of the molecule is CCN(C)[C@H](C)C1CCCCC1. The van der Waals surface area contributed by atoms with Crippen LogP contribution in [0.15, 0.2) is 0 Å². The predicted octanol–water partition coefficient (Wildman–Crippen LogP) is 2.91. The summed E-state index contributed by atoms with van der Waals surface area (Å²) < 4.78 is 0. The Kier molecular flexibility index (Phi) is 4.07. The highest BCUT2D eigenvalue weighted by molar-refractivity contribution is 4.76. The van der Waals surface area contributed by atoms with Crippen molar-refractivity contribution < 1.29 is 0 Å². The average molecular weight is 169 g/mol. The molecule has 0 amide bonds. The molecule has 1 heteroatoms. The summed E-state index contributed by atoms with van der Waals surface area (Å²) in [5.74, 6) is 0.976. The first-order valence-corrected chi connectivity index (χ1v) is 5.46. The van der Waals surface area contributed by atoms with Gasteiger partial charge in [0.15, 0.2) is 0 Å². The summed E-state index contributed by atoms with van der Waals surface area (Å²) in [5, 5.41) is 0. The van der Waals surface area contributed by atoms with E-state index in [1.54, 1.807) is 0 Å². The largest absolute Gasteiger partial charge is 0.304 e.